The minimum absolute atomic E-state index is 0.706. The van der Waals surface area contributed by atoms with Gasteiger partial charge < -0.3 is 14.2 Å². The molecule has 0 spiro atoms. The molecule has 1 heterocycles. The van der Waals surface area contributed by atoms with Crippen LogP contribution in [0.3, 0.4) is 0 Å². The largest absolute Gasteiger partial charge is 0.328 e. The van der Waals surface area contributed by atoms with Gasteiger partial charge in [0, 0.05) is 7.11 Å². The zero-order valence-electron chi connectivity index (χ0n) is 6.13. The van der Waals surface area contributed by atoms with Crippen molar-refractivity contribution in [2.45, 2.75) is 18.6 Å². The number of methoxy groups -OCH3 is 1. The lowest BCUT2D eigenvalue weighted by Crippen LogP contribution is -2.29. The van der Waals surface area contributed by atoms with Gasteiger partial charge in [0.25, 0.3) is 5.71 Å². The van der Waals surface area contributed by atoms with Crippen LogP contribution < -0.4 is 0 Å². The summed E-state index contributed by atoms with van der Waals surface area (Å²) in [5.74, 6) is 0. The van der Waals surface area contributed by atoms with E-state index in [-0.39, 0.29) is 0 Å². The minimum atomic E-state index is -0.878. The summed E-state index contributed by atoms with van der Waals surface area (Å²) < 4.78 is 15.5. The van der Waals surface area contributed by atoms with Crippen LogP contribution in [0, 0.1) is 0 Å². The van der Waals surface area contributed by atoms with Crippen molar-refractivity contribution in [3.05, 3.63) is 0 Å². The molecule has 0 bridgehead atoms. The van der Waals surface area contributed by atoms with Crippen LogP contribution in [0.1, 0.15) is 12.8 Å². The topological polar surface area (TPSA) is 27.7 Å². The molecule has 1 atom stereocenters. The van der Waals surface area contributed by atoms with Crippen LogP contribution in [-0.4, -0.2) is 26.0 Å². The highest BCUT2D eigenvalue weighted by atomic mass is 31.0. The highest BCUT2D eigenvalue weighted by Gasteiger charge is 2.26. The molecule has 0 saturated carbocycles. The summed E-state index contributed by atoms with van der Waals surface area (Å²) in [5, 5.41) is 0. The lowest BCUT2D eigenvalue weighted by Gasteiger charge is -2.24. The molecular weight excluding hydrogens is 151 g/mol. The molecule has 1 fully saturated rings. The van der Waals surface area contributed by atoms with Gasteiger partial charge in [-0.05, 0) is 22.1 Å². The van der Waals surface area contributed by atoms with Gasteiger partial charge in [0.15, 0.2) is 0 Å². The molecule has 0 aromatic rings. The van der Waals surface area contributed by atoms with E-state index >= 15 is 0 Å². The van der Waals surface area contributed by atoms with Crippen LogP contribution in [0.2, 0.25) is 0 Å². The van der Waals surface area contributed by atoms with Crippen LogP contribution in [0.4, 0.5) is 0 Å². The molecular formula is C6H13O3P. The Balaban J connectivity index is 2.41. The van der Waals surface area contributed by atoms with Crippen molar-refractivity contribution in [3.8, 4) is 0 Å². The van der Waals surface area contributed by atoms with E-state index in [0.717, 1.165) is 12.8 Å². The average Bonchev–Trinajstić information content (AvgIpc) is 2.15. The second kappa shape index (κ2) is 3.63. The monoisotopic (exact) mass is 164 g/mol. The molecule has 0 amide bonds. The maximum absolute atomic E-state index is 5.26. The third kappa shape index (κ3) is 2.17. The Morgan fingerprint density at radius 3 is 2.20 bits per heavy atom. The lowest BCUT2D eigenvalue weighted by molar-refractivity contribution is -0.299. The number of ether oxygens (including phenoxy) is 3. The summed E-state index contributed by atoms with van der Waals surface area (Å²) >= 11 is 0. The van der Waals surface area contributed by atoms with Gasteiger partial charge in [0.2, 0.25) is 0 Å². The molecule has 1 aliphatic heterocycles. The summed E-state index contributed by atoms with van der Waals surface area (Å²) in [5.41, 5.74) is -0.878. The molecule has 0 aromatic carbocycles. The van der Waals surface area contributed by atoms with Gasteiger partial charge in [-0.3, -0.25) is 0 Å². The predicted molar refractivity (Wildman–Crippen MR) is 40.6 cm³/mol. The lowest BCUT2D eigenvalue weighted by atomic mass is 10.3. The molecule has 0 N–H and O–H groups in total. The van der Waals surface area contributed by atoms with Crippen LogP contribution in [0.15, 0.2) is 0 Å². The molecule has 1 saturated heterocycles. The second-order valence-electron chi connectivity index (χ2n) is 2.21. The van der Waals surface area contributed by atoms with Gasteiger partial charge in [0.1, 0.15) is 0 Å². The van der Waals surface area contributed by atoms with E-state index in [1.165, 1.54) is 0 Å². The molecule has 1 aliphatic rings. The highest BCUT2D eigenvalue weighted by molar-refractivity contribution is 7.17. The van der Waals surface area contributed by atoms with E-state index in [1.54, 1.807) is 7.11 Å². The van der Waals surface area contributed by atoms with Crippen LogP contribution in [0.25, 0.3) is 0 Å². The minimum Gasteiger partial charge on any atom is -0.328 e. The van der Waals surface area contributed by atoms with E-state index in [0.29, 0.717) is 13.2 Å². The van der Waals surface area contributed by atoms with Crippen LogP contribution >= 0.6 is 9.24 Å². The first-order valence-electron chi connectivity index (χ1n) is 3.39. The van der Waals surface area contributed by atoms with Gasteiger partial charge in [0.05, 0.1) is 13.2 Å². The van der Waals surface area contributed by atoms with Crippen molar-refractivity contribution in [2.75, 3.05) is 20.3 Å². The molecule has 0 radical (unpaired) electrons. The fourth-order valence-electron chi connectivity index (χ4n) is 0.792. The van der Waals surface area contributed by atoms with Crippen molar-refractivity contribution in [1.82, 2.24) is 0 Å². The first-order chi connectivity index (χ1) is 4.77. The highest BCUT2D eigenvalue weighted by Crippen LogP contribution is 2.25. The Bertz CT molecular complexity index is 99.2. The summed E-state index contributed by atoms with van der Waals surface area (Å²) in [4.78, 5) is 0. The maximum Gasteiger partial charge on any atom is 0.294 e. The van der Waals surface area contributed by atoms with Gasteiger partial charge in [-0.15, -0.1) is 0 Å². The Kier molecular flexibility index (Phi) is 3.05. The van der Waals surface area contributed by atoms with E-state index in [2.05, 4.69) is 9.24 Å². The fourth-order valence-corrected chi connectivity index (χ4v) is 1.03. The first kappa shape index (κ1) is 8.41. The summed E-state index contributed by atoms with van der Waals surface area (Å²) in [6, 6.07) is 0. The Labute approximate surface area is 63.2 Å². The third-order valence-corrected chi connectivity index (χ3v) is 2.00. The molecule has 60 valence electrons. The quantitative estimate of drug-likeness (QED) is 0.540. The SMILES string of the molecule is COC1(P)OCCCCO1. The summed E-state index contributed by atoms with van der Waals surface area (Å²) in [6.45, 7) is 1.41. The van der Waals surface area contributed by atoms with E-state index in [4.69, 9.17) is 14.2 Å². The smallest absolute Gasteiger partial charge is 0.294 e. The first-order valence-corrected chi connectivity index (χ1v) is 3.96. The third-order valence-electron chi connectivity index (χ3n) is 1.43. The number of hydrogen-bond acceptors (Lipinski definition) is 3. The fraction of sp³-hybridized carbons (Fsp3) is 1.00. The number of hydrogen-bond donors (Lipinski definition) is 0. The molecule has 1 rings (SSSR count). The van der Waals surface area contributed by atoms with Crippen LogP contribution in [-0.2, 0) is 14.2 Å². The second-order valence-corrected chi connectivity index (χ2v) is 2.92. The van der Waals surface area contributed by atoms with Crippen molar-refractivity contribution in [2.24, 2.45) is 0 Å². The Morgan fingerprint density at radius 1 is 1.30 bits per heavy atom. The van der Waals surface area contributed by atoms with Crippen molar-refractivity contribution >= 4 is 9.24 Å². The van der Waals surface area contributed by atoms with E-state index in [9.17, 15) is 0 Å². The van der Waals surface area contributed by atoms with E-state index in [1.807, 2.05) is 0 Å². The zero-order valence-corrected chi connectivity index (χ0v) is 7.29. The number of rotatable bonds is 1. The van der Waals surface area contributed by atoms with Crippen molar-refractivity contribution in [1.29, 1.82) is 0 Å². The zero-order chi connectivity index (χ0) is 7.45. The Hall–Kier alpha value is 0.310. The summed E-state index contributed by atoms with van der Waals surface area (Å²) in [7, 11) is 3.97. The predicted octanol–water partition coefficient (Wildman–Crippen LogP) is 0.946. The molecule has 0 aromatic heterocycles. The van der Waals surface area contributed by atoms with Gasteiger partial charge >= 0.3 is 0 Å². The molecule has 0 aliphatic carbocycles. The van der Waals surface area contributed by atoms with Crippen molar-refractivity contribution < 1.29 is 14.2 Å². The summed E-state index contributed by atoms with van der Waals surface area (Å²) in [6.07, 6.45) is 2.08. The molecule has 1 unspecified atom stereocenters. The Morgan fingerprint density at radius 2 is 1.80 bits per heavy atom. The van der Waals surface area contributed by atoms with Gasteiger partial charge in [-0.2, -0.15) is 0 Å². The van der Waals surface area contributed by atoms with Gasteiger partial charge in [-0.25, -0.2) is 0 Å². The van der Waals surface area contributed by atoms with Crippen LogP contribution in [0.5, 0.6) is 0 Å². The maximum atomic E-state index is 5.26. The standard InChI is InChI=1S/C6H13O3P/c1-7-6(10)8-4-2-3-5-9-6/h2-5,10H2,1H3. The average molecular weight is 164 g/mol. The van der Waals surface area contributed by atoms with Crippen molar-refractivity contribution in [3.63, 3.8) is 0 Å². The molecule has 10 heavy (non-hydrogen) atoms. The normalized spacial score (nSPS) is 25.8. The van der Waals surface area contributed by atoms with Gasteiger partial charge in [-0.1, -0.05) is 0 Å². The molecule has 4 heteroatoms. The van der Waals surface area contributed by atoms with E-state index < -0.39 is 5.71 Å². The molecule has 3 nitrogen and oxygen atoms in total.